The molecule has 1 aromatic carbocycles. The Kier molecular flexibility index (Phi) is 2.91. The molecule has 5 N–H and O–H groups in total. The fourth-order valence-corrected chi connectivity index (χ4v) is 1.45. The molecule has 0 aliphatic carbocycles. The molecular weight excluding hydrogens is 216 g/mol. The van der Waals surface area contributed by atoms with Crippen LogP contribution in [0.25, 0.3) is 0 Å². The average Bonchev–Trinajstić information content (AvgIpc) is 2.29. The maximum Gasteiger partial charge on any atom is 0.255 e. The molecule has 0 radical (unpaired) electrons. The van der Waals surface area contributed by atoms with Crippen molar-refractivity contribution in [1.29, 1.82) is 0 Å². The molecule has 1 heterocycles. The molecule has 0 aliphatic heterocycles. The fourth-order valence-electron chi connectivity index (χ4n) is 1.45. The van der Waals surface area contributed by atoms with Crippen molar-refractivity contribution < 1.29 is 4.79 Å². The smallest absolute Gasteiger partial charge is 0.255 e. The second-order valence-electron chi connectivity index (χ2n) is 3.58. The topological polar surface area (TPSA) is 94.0 Å². The van der Waals surface area contributed by atoms with Crippen molar-refractivity contribution in [3.63, 3.8) is 0 Å². The van der Waals surface area contributed by atoms with Gasteiger partial charge in [-0.2, -0.15) is 0 Å². The van der Waals surface area contributed by atoms with Crippen molar-refractivity contribution in [2.24, 2.45) is 0 Å². The van der Waals surface area contributed by atoms with E-state index in [0.717, 1.165) is 0 Å². The number of pyridine rings is 1. The second kappa shape index (κ2) is 4.52. The number of aromatic nitrogens is 1. The zero-order valence-corrected chi connectivity index (χ0v) is 9.05. The number of nitrogens with two attached hydrogens (primary N) is 2. The normalized spacial score (nSPS) is 9.88. The number of nitrogens with one attached hydrogen (secondary N) is 1. The van der Waals surface area contributed by atoms with Crippen molar-refractivity contribution in [1.82, 2.24) is 4.98 Å². The van der Waals surface area contributed by atoms with Crippen LogP contribution in [0.4, 0.5) is 17.1 Å². The van der Waals surface area contributed by atoms with Crippen LogP contribution >= 0.6 is 0 Å². The Morgan fingerprint density at radius 3 is 2.24 bits per heavy atom. The van der Waals surface area contributed by atoms with E-state index in [2.05, 4.69) is 10.3 Å². The summed E-state index contributed by atoms with van der Waals surface area (Å²) in [6.45, 7) is 0. The van der Waals surface area contributed by atoms with Crippen LogP contribution in [0.5, 0.6) is 0 Å². The minimum absolute atomic E-state index is 0.254. The van der Waals surface area contributed by atoms with Gasteiger partial charge >= 0.3 is 0 Å². The van der Waals surface area contributed by atoms with Gasteiger partial charge in [-0.1, -0.05) is 0 Å². The number of benzene rings is 1. The quantitative estimate of drug-likeness (QED) is 0.679. The summed E-state index contributed by atoms with van der Waals surface area (Å²) in [5.74, 6) is -0.254. The van der Waals surface area contributed by atoms with Gasteiger partial charge in [0.15, 0.2) is 0 Å². The number of nitrogen functional groups attached to an aromatic ring is 2. The number of amides is 1. The molecule has 2 rings (SSSR count). The average molecular weight is 228 g/mol. The number of carbonyl (C=O) groups is 1. The lowest BCUT2D eigenvalue weighted by molar-refractivity contribution is 0.102. The van der Waals surface area contributed by atoms with Gasteiger partial charge in [-0.15, -0.1) is 0 Å². The van der Waals surface area contributed by atoms with Crippen molar-refractivity contribution in [3.8, 4) is 0 Å². The van der Waals surface area contributed by atoms with E-state index in [4.69, 9.17) is 11.5 Å². The van der Waals surface area contributed by atoms with Crippen LogP contribution in [-0.2, 0) is 0 Å². The SMILES string of the molecule is Nc1cc(N)cc(C(=O)Nc2ccncc2)c1. The minimum Gasteiger partial charge on any atom is -0.399 e. The van der Waals surface area contributed by atoms with Gasteiger partial charge in [0.25, 0.3) is 5.91 Å². The van der Waals surface area contributed by atoms with E-state index in [1.807, 2.05) is 0 Å². The molecule has 5 heteroatoms. The Hall–Kier alpha value is -2.56. The van der Waals surface area contributed by atoms with Crippen molar-refractivity contribution in [2.45, 2.75) is 0 Å². The van der Waals surface area contributed by atoms with Gasteiger partial charge in [0.1, 0.15) is 0 Å². The molecule has 0 aliphatic rings. The number of hydrogen-bond donors (Lipinski definition) is 3. The molecule has 17 heavy (non-hydrogen) atoms. The maximum atomic E-state index is 11.9. The number of hydrogen-bond acceptors (Lipinski definition) is 4. The third-order valence-electron chi connectivity index (χ3n) is 2.18. The third-order valence-corrected chi connectivity index (χ3v) is 2.18. The first-order valence-electron chi connectivity index (χ1n) is 5.02. The van der Waals surface area contributed by atoms with Gasteiger partial charge in [0.05, 0.1) is 0 Å². The Morgan fingerprint density at radius 2 is 1.65 bits per heavy atom. The highest BCUT2D eigenvalue weighted by atomic mass is 16.1. The molecule has 0 unspecified atom stereocenters. The number of rotatable bonds is 2. The third kappa shape index (κ3) is 2.72. The summed E-state index contributed by atoms with van der Waals surface area (Å²) in [5, 5.41) is 2.72. The highest BCUT2D eigenvalue weighted by Gasteiger charge is 2.07. The predicted octanol–water partition coefficient (Wildman–Crippen LogP) is 1.50. The van der Waals surface area contributed by atoms with Crippen LogP contribution in [0.2, 0.25) is 0 Å². The van der Waals surface area contributed by atoms with Crippen LogP contribution in [-0.4, -0.2) is 10.9 Å². The minimum atomic E-state index is -0.254. The first kappa shape index (κ1) is 10.9. The monoisotopic (exact) mass is 228 g/mol. The molecule has 0 saturated carbocycles. The molecule has 2 aromatic rings. The summed E-state index contributed by atoms with van der Waals surface area (Å²) in [6, 6.07) is 8.16. The van der Waals surface area contributed by atoms with E-state index >= 15 is 0 Å². The molecule has 5 nitrogen and oxygen atoms in total. The molecule has 0 bridgehead atoms. The van der Waals surface area contributed by atoms with Gasteiger partial charge in [-0.05, 0) is 30.3 Å². The van der Waals surface area contributed by atoms with Crippen molar-refractivity contribution in [3.05, 3.63) is 48.3 Å². The number of nitrogens with zero attached hydrogens (tertiary/aromatic N) is 1. The Labute approximate surface area is 98.5 Å². The van der Waals surface area contributed by atoms with Gasteiger partial charge in [-0.3, -0.25) is 9.78 Å². The summed E-state index contributed by atoms with van der Waals surface area (Å²) >= 11 is 0. The summed E-state index contributed by atoms with van der Waals surface area (Å²) in [5.41, 5.74) is 13.3. The maximum absolute atomic E-state index is 11.9. The van der Waals surface area contributed by atoms with Gasteiger partial charge in [0.2, 0.25) is 0 Å². The molecule has 86 valence electrons. The first-order valence-corrected chi connectivity index (χ1v) is 5.02. The Balaban J connectivity index is 2.20. The van der Waals surface area contributed by atoms with E-state index in [1.165, 1.54) is 0 Å². The summed E-state index contributed by atoms with van der Waals surface area (Å²) in [6.07, 6.45) is 3.20. The molecular formula is C12H12N4O. The largest absolute Gasteiger partial charge is 0.399 e. The summed E-state index contributed by atoms with van der Waals surface area (Å²) in [4.78, 5) is 15.7. The Morgan fingerprint density at radius 1 is 1.06 bits per heavy atom. The van der Waals surface area contributed by atoms with Crippen LogP contribution < -0.4 is 16.8 Å². The van der Waals surface area contributed by atoms with Crippen molar-refractivity contribution >= 4 is 23.0 Å². The standard InChI is InChI=1S/C12H12N4O/c13-9-5-8(6-10(14)7-9)12(17)16-11-1-3-15-4-2-11/h1-7H,13-14H2,(H,15,16,17). The lowest BCUT2D eigenvalue weighted by Gasteiger charge is -2.06. The van der Waals surface area contributed by atoms with Gasteiger partial charge in [-0.25, -0.2) is 0 Å². The molecule has 0 fully saturated rings. The zero-order valence-electron chi connectivity index (χ0n) is 9.05. The molecule has 0 spiro atoms. The van der Waals surface area contributed by atoms with Gasteiger partial charge < -0.3 is 16.8 Å². The van der Waals surface area contributed by atoms with E-state index < -0.39 is 0 Å². The van der Waals surface area contributed by atoms with Crippen LogP contribution in [0, 0.1) is 0 Å². The summed E-state index contributed by atoms with van der Waals surface area (Å²) in [7, 11) is 0. The van der Waals surface area contributed by atoms with Crippen LogP contribution in [0.15, 0.2) is 42.7 Å². The second-order valence-corrected chi connectivity index (χ2v) is 3.58. The van der Waals surface area contributed by atoms with E-state index in [9.17, 15) is 4.79 Å². The highest BCUT2D eigenvalue weighted by Crippen LogP contribution is 2.15. The zero-order chi connectivity index (χ0) is 12.3. The lowest BCUT2D eigenvalue weighted by Crippen LogP contribution is -2.12. The highest BCUT2D eigenvalue weighted by molar-refractivity contribution is 6.05. The molecule has 1 amide bonds. The predicted molar refractivity (Wildman–Crippen MR) is 67.5 cm³/mol. The fraction of sp³-hybridized carbons (Fsp3) is 0. The lowest BCUT2D eigenvalue weighted by atomic mass is 10.1. The number of anilines is 3. The van der Waals surface area contributed by atoms with E-state index in [1.54, 1.807) is 42.7 Å². The first-order chi connectivity index (χ1) is 8.15. The molecule has 1 aromatic heterocycles. The molecule has 0 saturated heterocycles. The molecule has 0 atom stereocenters. The van der Waals surface area contributed by atoms with Crippen LogP contribution in [0.3, 0.4) is 0 Å². The van der Waals surface area contributed by atoms with E-state index in [-0.39, 0.29) is 5.91 Å². The number of carbonyl (C=O) groups excluding carboxylic acids is 1. The van der Waals surface area contributed by atoms with Crippen LogP contribution in [0.1, 0.15) is 10.4 Å². The summed E-state index contributed by atoms with van der Waals surface area (Å²) < 4.78 is 0. The van der Waals surface area contributed by atoms with Gasteiger partial charge in [0, 0.05) is 35.0 Å². The van der Waals surface area contributed by atoms with E-state index in [0.29, 0.717) is 22.6 Å². The Bertz CT molecular complexity index is 519. The van der Waals surface area contributed by atoms with Crippen molar-refractivity contribution in [2.75, 3.05) is 16.8 Å².